The van der Waals surface area contributed by atoms with E-state index in [1.165, 1.54) is 0 Å². The lowest BCUT2D eigenvalue weighted by Crippen LogP contribution is -2.39. The summed E-state index contributed by atoms with van der Waals surface area (Å²) in [7, 11) is 1.64. The van der Waals surface area contributed by atoms with Crippen LogP contribution in [0.2, 0.25) is 0 Å². The number of carbonyl (C=O) groups excluding carboxylic acids is 1. The van der Waals surface area contributed by atoms with Gasteiger partial charge < -0.3 is 16.0 Å². The van der Waals surface area contributed by atoms with Gasteiger partial charge in [0.2, 0.25) is 0 Å². The highest BCUT2D eigenvalue weighted by atomic mass is 127. The smallest absolute Gasteiger partial charge is 0.251 e. The number of hydrogen-bond acceptors (Lipinski definition) is 3. The van der Waals surface area contributed by atoms with Crippen LogP contribution in [0.3, 0.4) is 0 Å². The van der Waals surface area contributed by atoms with Gasteiger partial charge in [0.25, 0.3) is 5.91 Å². The molecule has 0 radical (unpaired) electrons. The molecule has 1 heterocycles. The molecule has 1 aromatic heterocycles. The zero-order chi connectivity index (χ0) is 17.9. The molecule has 0 aliphatic carbocycles. The largest absolute Gasteiger partial charge is 0.357 e. The first-order chi connectivity index (χ1) is 12.2. The summed E-state index contributed by atoms with van der Waals surface area (Å²) in [6.07, 6.45) is 4.48. The van der Waals surface area contributed by atoms with E-state index < -0.39 is 0 Å². The van der Waals surface area contributed by atoms with E-state index in [9.17, 15) is 4.79 Å². The van der Waals surface area contributed by atoms with Crippen molar-refractivity contribution < 1.29 is 4.79 Å². The third kappa shape index (κ3) is 7.42. The molecule has 3 N–H and O–H groups in total. The molecule has 8 heteroatoms. The Morgan fingerprint density at radius 3 is 2.81 bits per heavy atom. The highest BCUT2D eigenvalue weighted by Crippen LogP contribution is 2.06. The van der Waals surface area contributed by atoms with Crippen LogP contribution in [0, 0.1) is 0 Å². The molecule has 0 bridgehead atoms. The number of rotatable bonds is 8. The quantitative estimate of drug-likeness (QED) is 0.312. The predicted molar refractivity (Wildman–Crippen MR) is 115 cm³/mol. The number of guanidine groups is 1. The molecule has 26 heavy (non-hydrogen) atoms. The standard InChI is InChI=1S/C18H26N6O.HI/c1-3-20-18(22-11-13-24-12-5-9-23-24)21-10-8-15-6-4-7-16(14-15)17(25)19-2;/h4-7,9,12,14H,3,8,10-11,13H2,1-2H3,(H,19,25)(H2,20,21,22);1H. The molecule has 2 aromatic rings. The van der Waals surface area contributed by atoms with E-state index >= 15 is 0 Å². The number of nitrogens with zero attached hydrogens (tertiary/aromatic N) is 3. The van der Waals surface area contributed by atoms with Crippen molar-refractivity contribution >= 4 is 35.8 Å². The summed E-state index contributed by atoms with van der Waals surface area (Å²) in [5, 5.41) is 13.3. The van der Waals surface area contributed by atoms with E-state index in [1.807, 2.05) is 48.1 Å². The lowest BCUT2D eigenvalue weighted by atomic mass is 10.1. The first-order valence-electron chi connectivity index (χ1n) is 8.53. The lowest BCUT2D eigenvalue weighted by Gasteiger charge is -2.11. The zero-order valence-electron chi connectivity index (χ0n) is 15.2. The van der Waals surface area contributed by atoms with E-state index in [0.717, 1.165) is 37.6 Å². The Morgan fingerprint density at radius 2 is 2.12 bits per heavy atom. The number of aromatic nitrogens is 2. The van der Waals surface area contributed by atoms with Gasteiger partial charge in [-0.3, -0.25) is 14.5 Å². The average molecular weight is 470 g/mol. The fraction of sp³-hybridized carbons (Fsp3) is 0.389. The second-order valence-corrected chi connectivity index (χ2v) is 5.49. The molecule has 2 rings (SSSR count). The number of aliphatic imine (C=N–C) groups is 1. The van der Waals surface area contributed by atoms with Crippen LogP contribution in [0.1, 0.15) is 22.8 Å². The van der Waals surface area contributed by atoms with Crippen LogP contribution in [0.5, 0.6) is 0 Å². The molecule has 0 unspecified atom stereocenters. The van der Waals surface area contributed by atoms with E-state index in [-0.39, 0.29) is 29.9 Å². The molecule has 0 spiro atoms. The Bertz CT molecular complexity index is 687. The normalized spacial score (nSPS) is 10.8. The van der Waals surface area contributed by atoms with Crippen LogP contribution in [0.25, 0.3) is 0 Å². The van der Waals surface area contributed by atoms with Crippen LogP contribution < -0.4 is 16.0 Å². The molecule has 0 fully saturated rings. The number of nitrogens with one attached hydrogen (secondary N) is 3. The fourth-order valence-electron chi connectivity index (χ4n) is 2.37. The predicted octanol–water partition coefficient (Wildman–Crippen LogP) is 1.66. The number of carbonyl (C=O) groups is 1. The minimum Gasteiger partial charge on any atom is -0.357 e. The van der Waals surface area contributed by atoms with Crippen molar-refractivity contribution in [1.82, 2.24) is 25.7 Å². The fourth-order valence-corrected chi connectivity index (χ4v) is 2.37. The van der Waals surface area contributed by atoms with Gasteiger partial charge in [-0.1, -0.05) is 12.1 Å². The van der Waals surface area contributed by atoms with Crippen LogP contribution in [0.4, 0.5) is 0 Å². The van der Waals surface area contributed by atoms with Gasteiger partial charge in [-0.25, -0.2) is 0 Å². The van der Waals surface area contributed by atoms with Crippen molar-refractivity contribution in [3.8, 4) is 0 Å². The van der Waals surface area contributed by atoms with Crippen LogP contribution >= 0.6 is 24.0 Å². The average Bonchev–Trinajstić information content (AvgIpc) is 3.15. The minimum atomic E-state index is -0.0704. The van der Waals surface area contributed by atoms with Crippen molar-refractivity contribution in [1.29, 1.82) is 0 Å². The van der Waals surface area contributed by atoms with Crippen molar-refractivity contribution in [2.24, 2.45) is 4.99 Å². The SMILES string of the molecule is CCNC(=NCCc1cccc(C(=O)NC)c1)NCCn1cccn1.I. The lowest BCUT2D eigenvalue weighted by molar-refractivity contribution is 0.0963. The van der Waals surface area contributed by atoms with Gasteiger partial charge >= 0.3 is 0 Å². The number of hydrogen-bond donors (Lipinski definition) is 3. The van der Waals surface area contributed by atoms with Crippen LogP contribution in [-0.4, -0.2) is 48.3 Å². The first kappa shape index (κ1) is 21.9. The van der Waals surface area contributed by atoms with Crippen LogP contribution in [0.15, 0.2) is 47.7 Å². The minimum absolute atomic E-state index is 0. The summed E-state index contributed by atoms with van der Waals surface area (Å²) in [6.45, 7) is 5.02. The first-order valence-corrected chi connectivity index (χ1v) is 8.53. The van der Waals surface area contributed by atoms with Crippen molar-refractivity contribution in [3.63, 3.8) is 0 Å². The summed E-state index contributed by atoms with van der Waals surface area (Å²) in [6, 6.07) is 9.54. The summed E-state index contributed by atoms with van der Waals surface area (Å²) in [5.74, 6) is 0.719. The maximum Gasteiger partial charge on any atom is 0.251 e. The highest BCUT2D eigenvalue weighted by molar-refractivity contribution is 14.0. The third-order valence-corrected chi connectivity index (χ3v) is 3.62. The number of benzene rings is 1. The number of halogens is 1. The van der Waals surface area contributed by atoms with E-state index in [2.05, 4.69) is 26.0 Å². The third-order valence-electron chi connectivity index (χ3n) is 3.62. The molecule has 0 saturated heterocycles. The Balaban J connectivity index is 0.00000338. The van der Waals surface area contributed by atoms with Gasteiger partial charge in [-0.15, -0.1) is 24.0 Å². The van der Waals surface area contributed by atoms with Crippen LogP contribution in [-0.2, 0) is 13.0 Å². The van der Waals surface area contributed by atoms with Crippen molar-refractivity contribution in [3.05, 3.63) is 53.9 Å². The van der Waals surface area contributed by atoms with Gasteiger partial charge in [-0.2, -0.15) is 5.10 Å². The van der Waals surface area contributed by atoms with Gasteiger partial charge in [0.1, 0.15) is 0 Å². The molecular weight excluding hydrogens is 443 g/mol. The summed E-state index contributed by atoms with van der Waals surface area (Å²) >= 11 is 0. The monoisotopic (exact) mass is 470 g/mol. The van der Waals surface area contributed by atoms with Gasteiger partial charge in [0.05, 0.1) is 6.54 Å². The van der Waals surface area contributed by atoms with Gasteiger partial charge in [0, 0.05) is 44.6 Å². The van der Waals surface area contributed by atoms with E-state index in [4.69, 9.17) is 0 Å². The van der Waals surface area contributed by atoms with Gasteiger partial charge in [-0.05, 0) is 37.1 Å². The Kier molecular flexibility index (Phi) is 10.4. The highest BCUT2D eigenvalue weighted by Gasteiger charge is 2.03. The second-order valence-electron chi connectivity index (χ2n) is 5.49. The number of amides is 1. The van der Waals surface area contributed by atoms with Gasteiger partial charge in [0.15, 0.2) is 5.96 Å². The molecular formula is C18H27IN6O. The maximum atomic E-state index is 11.7. The molecule has 0 aliphatic heterocycles. The van der Waals surface area contributed by atoms with Crippen molar-refractivity contribution in [2.45, 2.75) is 19.9 Å². The zero-order valence-corrected chi connectivity index (χ0v) is 17.6. The molecule has 142 valence electrons. The molecule has 0 saturated carbocycles. The molecule has 7 nitrogen and oxygen atoms in total. The molecule has 1 aromatic carbocycles. The molecule has 0 aliphatic rings. The molecule has 1 amide bonds. The summed E-state index contributed by atoms with van der Waals surface area (Å²) in [5.41, 5.74) is 1.77. The topological polar surface area (TPSA) is 83.3 Å². The Hall–Kier alpha value is -2.10. The second kappa shape index (κ2) is 12.3. The Morgan fingerprint density at radius 1 is 1.27 bits per heavy atom. The summed E-state index contributed by atoms with van der Waals surface area (Å²) < 4.78 is 1.88. The van der Waals surface area contributed by atoms with E-state index in [1.54, 1.807) is 13.2 Å². The Labute approximate surface area is 171 Å². The molecule has 0 atom stereocenters. The summed E-state index contributed by atoms with van der Waals surface area (Å²) in [4.78, 5) is 16.3. The van der Waals surface area contributed by atoms with E-state index in [0.29, 0.717) is 12.1 Å². The maximum absolute atomic E-state index is 11.7. The van der Waals surface area contributed by atoms with Crippen molar-refractivity contribution in [2.75, 3.05) is 26.7 Å².